The molecule has 0 atom stereocenters. The number of aromatic carboxylic acids is 1. The Hall–Kier alpha value is -2.11. The minimum absolute atomic E-state index is 0.170. The van der Waals surface area contributed by atoms with Crippen LogP contribution in [0.15, 0.2) is 18.3 Å². The number of anilines is 1. The topological polar surface area (TPSA) is 79.5 Å². The second-order valence-electron chi connectivity index (χ2n) is 4.98. The van der Waals surface area contributed by atoms with Gasteiger partial charge >= 0.3 is 5.97 Å². The Morgan fingerprint density at radius 2 is 2.21 bits per heavy atom. The molecule has 0 unspecified atom stereocenters. The molecule has 6 nitrogen and oxygen atoms in total. The maximum absolute atomic E-state index is 11.1. The number of pyridine rings is 1. The average molecular weight is 260 g/mol. The highest BCUT2D eigenvalue weighted by Crippen LogP contribution is 2.24. The molecular formula is C13H16N4O2. The van der Waals surface area contributed by atoms with Crippen LogP contribution in [0.2, 0.25) is 0 Å². The Labute approximate surface area is 110 Å². The molecule has 0 saturated heterocycles. The predicted octanol–water partition coefficient (Wildman–Crippen LogP) is 2.03. The summed E-state index contributed by atoms with van der Waals surface area (Å²) in [4.78, 5) is 11.1. The lowest BCUT2D eigenvalue weighted by atomic mass is 10.1. The maximum atomic E-state index is 11.1. The van der Waals surface area contributed by atoms with Gasteiger partial charge in [0.15, 0.2) is 5.65 Å². The number of aromatic nitrogens is 3. The van der Waals surface area contributed by atoms with E-state index >= 15 is 0 Å². The van der Waals surface area contributed by atoms with E-state index in [9.17, 15) is 4.79 Å². The van der Waals surface area contributed by atoms with Gasteiger partial charge in [-0.3, -0.25) is 4.40 Å². The van der Waals surface area contributed by atoms with Gasteiger partial charge in [-0.1, -0.05) is 12.8 Å². The summed E-state index contributed by atoms with van der Waals surface area (Å²) in [6.07, 6.45) is 6.89. The first-order chi connectivity index (χ1) is 9.25. The van der Waals surface area contributed by atoms with Crippen LogP contribution in [0, 0.1) is 5.92 Å². The monoisotopic (exact) mass is 260 g/mol. The minimum atomic E-state index is -0.986. The first-order valence-corrected chi connectivity index (χ1v) is 6.56. The molecule has 19 heavy (non-hydrogen) atoms. The fourth-order valence-corrected chi connectivity index (χ4v) is 2.65. The van der Waals surface area contributed by atoms with Crippen LogP contribution < -0.4 is 5.32 Å². The van der Waals surface area contributed by atoms with E-state index in [4.69, 9.17) is 5.11 Å². The zero-order valence-electron chi connectivity index (χ0n) is 10.5. The summed E-state index contributed by atoms with van der Waals surface area (Å²) in [7, 11) is 0. The quantitative estimate of drug-likeness (QED) is 0.879. The molecule has 3 rings (SSSR count). The van der Waals surface area contributed by atoms with Gasteiger partial charge in [-0.15, -0.1) is 10.2 Å². The molecule has 1 saturated carbocycles. The molecule has 0 spiro atoms. The van der Waals surface area contributed by atoms with Gasteiger partial charge in [0.05, 0.1) is 0 Å². The molecule has 0 bridgehead atoms. The highest BCUT2D eigenvalue weighted by molar-refractivity contribution is 5.94. The van der Waals surface area contributed by atoms with Crippen molar-refractivity contribution < 1.29 is 9.90 Å². The van der Waals surface area contributed by atoms with E-state index < -0.39 is 5.97 Å². The molecule has 2 aromatic rings. The first kappa shape index (κ1) is 12.0. The fraction of sp³-hybridized carbons (Fsp3) is 0.462. The van der Waals surface area contributed by atoms with Gasteiger partial charge in [0.2, 0.25) is 5.95 Å². The van der Waals surface area contributed by atoms with E-state index in [0.717, 1.165) is 6.54 Å². The van der Waals surface area contributed by atoms with Crippen LogP contribution >= 0.6 is 0 Å². The second-order valence-corrected chi connectivity index (χ2v) is 4.98. The number of rotatable bonds is 4. The first-order valence-electron chi connectivity index (χ1n) is 6.56. The summed E-state index contributed by atoms with van der Waals surface area (Å²) >= 11 is 0. The molecule has 2 heterocycles. The molecule has 2 N–H and O–H groups in total. The van der Waals surface area contributed by atoms with Crippen molar-refractivity contribution in [3.8, 4) is 0 Å². The molecule has 0 aromatic carbocycles. The minimum Gasteiger partial charge on any atom is -0.478 e. The zero-order chi connectivity index (χ0) is 13.2. The molecule has 6 heteroatoms. The van der Waals surface area contributed by atoms with Crippen molar-refractivity contribution >= 4 is 17.6 Å². The smallest absolute Gasteiger partial charge is 0.339 e. The molecule has 0 radical (unpaired) electrons. The van der Waals surface area contributed by atoms with Crippen LogP contribution in [0.4, 0.5) is 5.95 Å². The molecular weight excluding hydrogens is 244 g/mol. The van der Waals surface area contributed by atoms with Gasteiger partial charge in [-0.25, -0.2) is 4.79 Å². The summed E-state index contributed by atoms with van der Waals surface area (Å²) in [6, 6.07) is 3.23. The van der Waals surface area contributed by atoms with Crippen molar-refractivity contribution in [3.05, 3.63) is 23.9 Å². The van der Waals surface area contributed by atoms with Crippen LogP contribution in [-0.4, -0.2) is 32.2 Å². The number of carboxylic acid groups (broad SMARTS) is 1. The van der Waals surface area contributed by atoms with Crippen molar-refractivity contribution in [3.63, 3.8) is 0 Å². The van der Waals surface area contributed by atoms with Gasteiger partial charge in [-0.2, -0.15) is 0 Å². The number of nitrogens with one attached hydrogen (secondary N) is 1. The van der Waals surface area contributed by atoms with Crippen molar-refractivity contribution in [1.29, 1.82) is 0 Å². The largest absolute Gasteiger partial charge is 0.478 e. The number of hydrogen-bond acceptors (Lipinski definition) is 4. The van der Waals surface area contributed by atoms with Gasteiger partial charge in [0.1, 0.15) is 5.56 Å². The molecule has 1 fully saturated rings. The van der Waals surface area contributed by atoms with E-state index in [-0.39, 0.29) is 5.56 Å². The normalized spacial score (nSPS) is 16.0. The SMILES string of the molecule is O=C(O)c1cccn2c(NCC3CCCC3)nnc12. The van der Waals surface area contributed by atoms with Crippen LogP contribution in [-0.2, 0) is 0 Å². The summed E-state index contributed by atoms with van der Waals surface area (Å²) in [5.41, 5.74) is 0.549. The van der Waals surface area contributed by atoms with Crippen molar-refractivity contribution in [2.75, 3.05) is 11.9 Å². The Morgan fingerprint density at radius 1 is 1.42 bits per heavy atom. The number of fused-ring (bicyclic) bond motifs is 1. The highest BCUT2D eigenvalue weighted by atomic mass is 16.4. The van der Waals surface area contributed by atoms with E-state index in [1.807, 2.05) is 0 Å². The van der Waals surface area contributed by atoms with E-state index in [0.29, 0.717) is 17.5 Å². The van der Waals surface area contributed by atoms with Crippen LogP contribution in [0.5, 0.6) is 0 Å². The average Bonchev–Trinajstić information content (AvgIpc) is 3.05. The lowest BCUT2D eigenvalue weighted by Crippen LogP contribution is -2.13. The highest BCUT2D eigenvalue weighted by Gasteiger charge is 2.17. The number of carboxylic acids is 1. The third kappa shape index (κ3) is 2.25. The Balaban J connectivity index is 1.84. The number of carbonyl (C=O) groups is 1. The van der Waals surface area contributed by atoms with Crippen LogP contribution in [0.1, 0.15) is 36.0 Å². The van der Waals surface area contributed by atoms with Crippen molar-refractivity contribution in [2.45, 2.75) is 25.7 Å². The molecule has 0 amide bonds. The van der Waals surface area contributed by atoms with E-state index in [2.05, 4.69) is 15.5 Å². The fourth-order valence-electron chi connectivity index (χ4n) is 2.65. The van der Waals surface area contributed by atoms with Crippen LogP contribution in [0.25, 0.3) is 5.65 Å². The van der Waals surface area contributed by atoms with Gasteiger partial charge in [-0.05, 0) is 30.9 Å². The van der Waals surface area contributed by atoms with E-state index in [1.165, 1.54) is 31.7 Å². The van der Waals surface area contributed by atoms with Crippen molar-refractivity contribution in [2.24, 2.45) is 5.92 Å². The van der Waals surface area contributed by atoms with E-state index in [1.54, 1.807) is 16.7 Å². The van der Waals surface area contributed by atoms with Crippen LogP contribution in [0.3, 0.4) is 0 Å². The Bertz CT molecular complexity index is 602. The van der Waals surface area contributed by atoms with Crippen molar-refractivity contribution in [1.82, 2.24) is 14.6 Å². The summed E-state index contributed by atoms with van der Waals surface area (Å²) in [6.45, 7) is 0.873. The molecule has 0 aliphatic heterocycles. The zero-order valence-corrected chi connectivity index (χ0v) is 10.5. The third-order valence-corrected chi connectivity index (χ3v) is 3.69. The number of nitrogens with zero attached hydrogens (tertiary/aromatic N) is 3. The van der Waals surface area contributed by atoms with Gasteiger partial charge in [0.25, 0.3) is 0 Å². The molecule has 100 valence electrons. The van der Waals surface area contributed by atoms with Gasteiger partial charge < -0.3 is 10.4 Å². The Kier molecular flexibility index (Phi) is 3.06. The molecule has 2 aromatic heterocycles. The maximum Gasteiger partial charge on any atom is 0.339 e. The Morgan fingerprint density at radius 3 is 2.95 bits per heavy atom. The second kappa shape index (κ2) is 4.87. The summed E-state index contributed by atoms with van der Waals surface area (Å²) in [5, 5.41) is 20.4. The summed E-state index contributed by atoms with van der Waals surface area (Å²) in [5.74, 6) is 0.320. The lowest BCUT2D eigenvalue weighted by molar-refractivity contribution is 0.0698. The standard InChI is InChI=1S/C13H16N4O2/c18-12(19)10-6-3-7-17-11(10)15-16-13(17)14-8-9-4-1-2-5-9/h3,6-7,9H,1-2,4-5,8H2,(H,14,16)(H,18,19). The molecule has 1 aliphatic rings. The molecule has 1 aliphatic carbocycles. The third-order valence-electron chi connectivity index (χ3n) is 3.69. The summed E-state index contributed by atoms with van der Waals surface area (Å²) < 4.78 is 1.69. The lowest BCUT2D eigenvalue weighted by Gasteiger charge is -2.10. The van der Waals surface area contributed by atoms with Gasteiger partial charge in [0, 0.05) is 12.7 Å². The predicted molar refractivity (Wildman–Crippen MR) is 70.4 cm³/mol. The number of hydrogen-bond donors (Lipinski definition) is 2.